The van der Waals surface area contributed by atoms with Crippen LogP contribution in [0.1, 0.15) is 36.9 Å². The maximum absolute atomic E-state index is 13.9. The average molecular weight is 581 g/mol. The van der Waals surface area contributed by atoms with E-state index in [1.165, 1.54) is 0 Å². The molecule has 10 heteroatoms. The zero-order chi connectivity index (χ0) is 28.4. The predicted molar refractivity (Wildman–Crippen MR) is 158 cm³/mol. The molecular weight excluding hydrogens is 546 g/mol. The molecule has 2 fully saturated rings. The summed E-state index contributed by atoms with van der Waals surface area (Å²) in [6.07, 6.45) is 3.27. The quantitative estimate of drug-likeness (QED) is 0.315. The number of halogens is 3. The first-order chi connectivity index (χ1) is 19.9. The van der Waals surface area contributed by atoms with E-state index in [0.29, 0.717) is 38.5 Å². The standard InChI is InChI=1S/C31H35ClF2N6O/c1-35-18-22-6-4-14-40(19-22)29-24-11-15-39(27-10-3-8-23-7-2-9-25(32)28(23)27)20-26(24)36-30(37-29)41-17-16-38-13-5-12-31(33,34)21-38/h2-3,7-10,22H,4-6,11-21H2/t22-/m0/s1. The molecule has 1 atom stereocenters. The highest BCUT2D eigenvalue weighted by Crippen LogP contribution is 2.37. The highest BCUT2D eigenvalue weighted by atomic mass is 35.5. The van der Waals surface area contributed by atoms with E-state index < -0.39 is 5.92 Å². The Morgan fingerprint density at radius 3 is 2.76 bits per heavy atom. The SMILES string of the molecule is [C-]#[N+]C[C@@H]1CCCN(c2nc(OCCN3CCCC(F)(F)C3)nc3c2CCN(c2cccc4cccc(Cl)c24)C3)C1. The maximum atomic E-state index is 13.9. The van der Waals surface area contributed by atoms with Crippen LogP contribution in [0.4, 0.5) is 20.3 Å². The number of rotatable bonds is 7. The lowest BCUT2D eigenvalue weighted by atomic mass is 9.96. The molecule has 0 aliphatic carbocycles. The topological polar surface area (TPSA) is 49.1 Å². The number of hydrogen-bond donors (Lipinski definition) is 0. The maximum Gasteiger partial charge on any atom is 0.318 e. The minimum atomic E-state index is -2.64. The molecule has 0 N–H and O–H groups in total. The van der Waals surface area contributed by atoms with E-state index in [1.54, 1.807) is 4.90 Å². The van der Waals surface area contributed by atoms with E-state index in [0.717, 1.165) is 77.5 Å². The summed E-state index contributed by atoms with van der Waals surface area (Å²) in [6, 6.07) is 12.5. The van der Waals surface area contributed by atoms with Crippen LogP contribution in [0.2, 0.25) is 5.02 Å². The minimum absolute atomic E-state index is 0.0512. The summed E-state index contributed by atoms with van der Waals surface area (Å²) < 4.78 is 33.8. The highest BCUT2D eigenvalue weighted by molar-refractivity contribution is 6.36. The molecule has 0 bridgehead atoms. The molecule has 4 heterocycles. The van der Waals surface area contributed by atoms with Gasteiger partial charge >= 0.3 is 6.01 Å². The van der Waals surface area contributed by atoms with Crippen molar-refractivity contribution in [2.45, 2.75) is 44.6 Å². The molecule has 3 aliphatic rings. The van der Waals surface area contributed by atoms with Crippen molar-refractivity contribution in [1.82, 2.24) is 14.9 Å². The van der Waals surface area contributed by atoms with Gasteiger partial charge in [-0.25, -0.2) is 15.4 Å². The molecule has 0 radical (unpaired) electrons. The molecule has 41 heavy (non-hydrogen) atoms. The molecule has 3 aromatic rings. The fourth-order valence-corrected chi connectivity index (χ4v) is 6.78. The van der Waals surface area contributed by atoms with Gasteiger partial charge in [0.05, 0.1) is 23.8 Å². The number of aromatic nitrogens is 2. The Balaban J connectivity index is 1.28. The number of alkyl halides is 2. The van der Waals surface area contributed by atoms with Gasteiger partial charge in [0.15, 0.2) is 0 Å². The van der Waals surface area contributed by atoms with Crippen LogP contribution in [-0.4, -0.2) is 73.2 Å². The van der Waals surface area contributed by atoms with E-state index in [4.69, 9.17) is 32.9 Å². The van der Waals surface area contributed by atoms with Crippen molar-refractivity contribution in [3.63, 3.8) is 0 Å². The molecule has 2 aromatic carbocycles. The lowest BCUT2D eigenvalue weighted by Gasteiger charge is -2.36. The van der Waals surface area contributed by atoms with Crippen LogP contribution < -0.4 is 14.5 Å². The Labute approximate surface area is 244 Å². The highest BCUT2D eigenvalue weighted by Gasteiger charge is 2.35. The zero-order valence-electron chi connectivity index (χ0n) is 23.2. The third-order valence-corrected chi connectivity index (χ3v) is 8.79. The fraction of sp³-hybridized carbons (Fsp3) is 0.516. The Kier molecular flexibility index (Phi) is 8.14. The Bertz CT molecular complexity index is 1440. The number of fused-ring (bicyclic) bond motifs is 2. The first-order valence-electron chi connectivity index (χ1n) is 14.5. The number of ether oxygens (including phenoxy) is 1. The van der Waals surface area contributed by atoms with Crippen molar-refractivity contribution in [2.75, 3.05) is 62.2 Å². The summed E-state index contributed by atoms with van der Waals surface area (Å²) in [5, 5.41) is 2.84. The second kappa shape index (κ2) is 11.9. The van der Waals surface area contributed by atoms with Crippen LogP contribution in [-0.2, 0) is 13.0 Å². The third-order valence-electron chi connectivity index (χ3n) is 8.47. The van der Waals surface area contributed by atoms with Crippen molar-refractivity contribution in [3.8, 4) is 6.01 Å². The summed E-state index contributed by atoms with van der Waals surface area (Å²) in [5.41, 5.74) is 3.11. The number of benzene rings is 2. The van der Waals surface area contributed by atoms with Gasteiger partial charge in [-0.2, -0.15) is 9.97 Å². The molecule has 2 saturated heterocycles. The van der Waals surface area contributed by atoms with Crippen LogP contribution in [0.25, 0.3) is 15.6 Å². The van der Waals surface area contributed by atoms with Crippen molar-refractivity contribution in [2.24, 2.45) is 5.92 Å². The second-order valence-corrected chi connectivity index (χ2v) is 11.8. The Hall–Kier alpha value is -3.22. The lowest BCUT2D eigenvalue weighted by molar-refractivity contribution is -0.0657. The summed E-state index contributed by atoms with van der Waals surface area (Å²) in [4.78, 5) is 19.8. The monoisotopic (exact) mass is 580 g/mol. The van der Waals surface area contributed by atoms with E-state index in [2.05, 4.69) is 38.9 Å². The summed E-state index contributed by atoms with van der Waals surface area (Å²) in [7, 11) is 0. The fourth-order valence-electron chi connectivity index (χ4n) is 6.50. The van der Waals surface area contributed by atoms with Gasteiger partial charge in [-0.3, -0.25) is 4.90 Å². The number of likely N-dealkylation sites (tertiary alicyclic amines) is 1. The molecule has 7 nitrogen and oxygen atoms in total. The van der Waals surface area contributed by atoms with Gasteiger partial charge in [-0.1, -0.05) is 35.9 Å². The van der Waals surface area contributed by atoms with Crippen LogP contribution in [0.3, 0.4) is 0 Å². The summed E-state index contributed by atoms with van der Waals surface area (Å²) in [6.45, 7) is 12.0. The molecule has 3 aliphatic heterocycles. The molecular formula is C31H35ClF2N6O. The Morgan fingerprint density at radius 1 is 1.07 bits per heavy atom. The lowest BCUT2D eigenvalue weighted by Crippen LogP contribution is -2.44. The molecule has 6 rings (SSSR count). The number of piperidine rings is 2. The van der Waals surface area contributed by atoms with Gasteiger partial charge in [-0.15, -0.1) is 0 Å². The summed E-state index contributed by atoms with van der Waals surface area (Å²) in [5.74, 6) is -1.44. The number of hydrogen-bond acceptors (Lipinski definition) is 6. The van der Waals surface area contributed by atoms with E-state index in [9.17, 15) is 8.78 Å². The molecule has 1 aromatic heterocycles. The van der Waals surface area contributed by atoms with Crippen molar-refractivity contribution >= 4 is 33.9 Å². The molecule has 0 spiro atoms. The zero-order valence-corrected chi connectivity index (χ0v) is 23.9. The minimum Gasteiger partial charge on any atom is -0.462 e. The van der Waals surface area contributed by atoms with E-state index in [-0.39, 0.29) is 25.6 Å². The number of nitrogens with zero attached hydrogens (tertiary/aromatic N) is 6. The predicted octanol–water partition coefficient (Wildman–Crippen LogP) is 6.09. The van der Waals surface area contributed by atoms with E-state index in [1.807, 2.05) is 12.1 Å². The van der Waals surface area contributed by atoms with Gasteiger partial charge in [0.2, 0.25) is 6.54 Å². The van der Waals surface area contributed by atoms with Gasteiger partial charge in [0, 0.05) is 55.2 Å². The van der Waals surface area contributed by atoms with Crippen molar-refractivity contribution in [1.29, 1.82) is 0 Å². The normalized spacial score (nSPS) is 21.0. The van der Waals surface area contributed by atoms with Crippen LogP contribution in [0.5, 0.6) is 6.01 Å². The van der Waals surface area contributed by atoms with E-state index >= 15 is 0 Å². The first-order valence-corrected chi connectivity index (χ1v) is 14.9. The number of anilines is 2. The summed E-state index contributed by atoms with van der Waals surface area (Å²) >= 11 is 6.66. The molecule has 0 saturated carbocycles. The van der Waals surface area contributed by atoms with Gasteiger partial charge in [0.25, 0.3) is 5.92 Å². The van der Waals surface area contributed by atoms with Crippen LogP contribution in [0, 0.1) is 12.5 Å². The second-order valence-electron chi connectivity index (χ2n) is 11.4. The smallest absolute Gasteiger partial charge is 0.318 e. The van der Waals surface area contributed by atoms with Crippen LogP contribution >= 0.6 is 11.6 Å². The van der Waals surface area contributed by atoms with Gasteiger partial charge in [0.1, 0.15) is 12.4 Å². The van der Waals surface area contributed by atoms with Crippen molar-refractivity contribution in [3.05, 3.63) is 64.1 Å². The van der Waals surface area contributed by atoms with Gasteiger partial charge in [-0.05, 0) is 49.7 Å². The largest absolute Gasteiger partial charge is 0.462 e. The van der Waals surface area contributed by atoms with Crippen LogP contribution in [0.15, 0.2) is 36.4 Å². The molecule has 0 unspecified atom stereocenters. The molecule has 216 valence electrons. The van der Waals surface area contributed by atoms with Gasteiger partial charge < -0.3 is 19.4 Å². The van der Waals surface area contributed by atoms with Crippen molar-refractivity contribution < 1.29 is 13.5 Å². The average Bonchev–Trinajstić information content (AvgIpc) is 2.96. The third kappa shape index (κ3) is 6.19. The first kappa shape index (κ1) is 27.9. The Morgan fingerprint density at radius 2 is 1.93 bits per heavy atom. The molecule has 0 amide bonds.